The number of nitrogens with one attached hydrogen (secondary N) is 3. The van der Waals surface area contributed by atoms with Crippen molar-refractivity contribution in [3.05, 3.63) is 65.7 Å². The summed E-state index contributed by atoms with van der Waals surface area (Å²) in [6, 6.07) is 14.6. The first-order chi connectivity index (χ1) is 14.6. The van der Waals surface area contributed by atoms with E-state index in [2.05, 4.69) is 16.0 Å². The molecule has 2 aromatic rings. The Morgan fingerprint density at radius 1 is 0.935 bits per heavy atom. The van der Waals surface area contributed by atoms with Crippen LogP contribution in [0.15, 0.2) is 54.6 Å². The molecule has 0 spiro atoms. The Kier molecular flexibility index (Phi) is 8.37. The molecule has 3 amide bonds. The molecule has 164 valence electrons. The molecule has 2 rings (SSSR count). The summed E-state index contributed by atoms with van der Waals surface area (Å²) in [4.78, 5) is 35.7. The summed E-state index contributed by atoms with van der Waals surface area (Å²) in [6.45, 7) is 7.46. The Morgan fingerprint density at radius 3 is 2.16 bits per heavy atom. The van der Waals surface area contributed by atoms with E-state index in [-0.39, 0.29) is 24.8 Å². The number of aryl methyl sites for hydroxylation is 1. The lowest BCUT2D eigenvalue weighted by atomic mass is 10.1. The average molecular weight is 424 g/mol. The topological polar surface area (TPSA) is 96.5 Å². The highest BCUT2D eigenvalue weighted by Gasteiger charge is 2.15. The van der Waals surface area contributed by atoms with E-state index in [1.54, 1.807) is 51.1 Å². The van der Waals surface area contributed by atoms with Crippen LogP contribution in [0, 0.1) is 6.92 Å². The molecule has 0 aliphatic rings. The molecule has 0 radical (unpaired) electrons. The van der Waals surface area contributed by atoms with E-state index in [0.717, 1.165) is 11.1 Å². The second kappa shape index (κ2) is 11.0. The second-order valence-electron chi connectivity index (χ2n) is 7.98. The van der Waals surface area contributed by atoms with E-state index in [4.69, 9.17) is 4.74 Å². The molecule has 0 saturated carbocycles. The van der Waals surface area contributed by atoms with Crippen molar-refractivity contribution >= 4 is 35.4 Å². The van der Waals surface area contributed by atoms with Crippen molar-refractivity contribution < 1.29 is 19.1 Å². The maximum Gasteiger partial charge on any atom is 0.407 e. The van der Waals surface area contributed by atoms with Crippen LogP contribution >= 0.6 is 0 Å². The molecule has 7 heteroatoms. The Bertz CT molecular complexity index is 944. The summed E-state index contributed by atoms with van der Waals surface area (Å²) < 4.78 is 5.11. The maximum absolute atomic E-state index is 12.1. The largest absolute Gasteiger partial charge is 0.444 e. The predicted molar refractivity (Wildman–Crippen MR) is 123 cm³/mol. The Labute approximate surface area is 182 Å². The molecule has 7 nitrogen and oxygen atoms in total. The molecular weight excluding hydrogens is 394 g/mol. The molecular formula is C24H29N3O4. The van der Waals surface area contributed by atoms with Crippen LogP contribution in [-0.2, 0) is 14.3 Å². The minimum absolute atomic E-state index is 0.113. The molecule has 0 bridgehead atoms. The van der Waals surface area contributed by atoms with Gasteiger partial charge in [0.1, 0.15) is 5.60 Å². The van der Waals surface area contributed by atoms with Gasteiger partial charge in [0.2, 0.25) is 11.8 Å². The van der Waals surface area contributed by atoms with Gasteiger partial charge in [0.05, 0.1) is 0 Å². The van der Waals surface area contributed by atoms with Crippen molar-refractivity contribution in [1.82, 2.24) is 5.32 Å². The van der Waals surface area contributed by atoms with E-state index < -0.39 is 11.7 Å². The Hall–Kier alpha value is -3.61. The summed E-state index contributed by atoms with van der Waals surface area (Å²) in [5.74, 6) is -0.484. The van der Waals surface area contributed by atoms with E-state index in [9.17, 15) is 14.4 Å². The van der Waals surface area contributed by atoms with Crippen LogP contribution in [0.25, 0.3) is 6.08 Å². The zero-order valence-electron chi connectivity index (χ0n) is 18.3. The lowest BCUT2D eigenvalue weighted by molar-refractivity contribution is -0.116. The lowest BCUT2D eigenvalue weighted by Gasteiger charge is -2.19. The van der Waals surface area contributed by atoms with Gasteiger partial charge in [-0.1, -0.05) is 24.3 Å². The van der Waals surface area contributed by atoms with Gasteiger partial charge in [-0.3, -0.25) is 9.59 Å². The van der Waals surface area contributed by atoms with E-state index in [0.29, 0.717) is 11.4 Å². The van der Waals surface area contributed by atoms with Crippen LogP contribution in [0.3, 0.4) is 0 Å². The molecule has 0 fully saturated rings. The Morgan fingerprint density at radius 2 is 1.55 bits per heavy atom. The summed E-state index contributed by atoms with van der Waals surface area (Å²) in [7, 11) is 0. The molecule has 0 aliphatic heterocycles. The number of alkyl carbamates (subject to hydrolysis) is 1. The van der Waals surface area contributed by atoms with Gasteiger partial charge in [-0.2, -0.15) is 0 Å². The van der Waals surface area contributed by atoms with Crippen LogP contribution < -0.4 is 16.0 Å². The Balaban J connectivity index is 1.77. The minimum atomic E-state index is -0.584. The van der Waals surface area contributed by atoms with E-state index in [1.165, 1.54) is 6.08 Å². The van der Waals surface area contributed by atoms with Gasteiger partial charge in [-0.25, -0.2) is 4.79 Å². The molecule has 0 unspecified atom stereocenters. The van der Waals surface area contributed by atoms with Crippen LogP contribution in [0.5, 0.6) is 0 Å². The normalized spacial score (nSPS) is 11.1. The summed E-state index contributed by atoms with van der Waals surface area (Å²) in [5, 5.41) is 8.06. The molecule has 2 aromatic carbocycles. The molecule has 31 heavy (non-hydrogen) atoms. The highest BCUT2D eigenvalue weighted by Crippen LogP contribution is 2.14. The molecule has 0 heterocycles. The van der Waals surface area contributed by atoms with E-state index in [1.807, 2.05) is 31.2 Å². The molecule has 0 aliphatic carbocycles. The fraction of sp³-hybridized carbons (Fsp3) is 0.292. The third kappa shape index (κ3) is 9.16. The number of amides is 3. The summed E-state index contributed by atoms with van der Waals surface area (Å²) in [5.41, 5.74) is 2.70. The minimum Gasteiger partial charge on any atom is -0.444 e. The number of carbonyl (C=O) groups is 3. The molecule has 0 saturated heterocycles. The second-order valence-corrected chi connectivity index (χ2v) is 7.98. The first kappa shape index (κ1) is 23.7. The zero-order valence-corrected chi connectivity index (χ0v) is 18.3. The van der Waals surface area contributed by atoms with Gasteiger partial charge >= 0.3 is 6.09 Å². The summed E-state index contributed by atoms with van der Waals surface area (Å²) >= 11 is 0. The van der Waals surface area contributed by atoms with E-state index >= 15 is 0 Å². The standard InChI is InChI=1S/C24H29N3O4/c1-17-7-5-6-8-18(17)9-14-21(28)26-19-10-12-20(13-11-19)27-22(29)15-16-25-23(30)31-24(2,3)4/h5-14H,15-16H2,1-4H3,(H,25,30)(H,26,28)(H,27,29)/b14-9+. The third-order valence-electron chi connectivity index (χ3n) is 4.06. The van der Waals surface area contributed by atoms with Crippen LogP contribution in [-0.4, -0.2) is 30.1 Å². The van der Waals surface area contributed by atoms with Gasteiger partial charge in [0.25, 0.3) is 0 Å². The monoisotopic (exact) mass is 423 g/mol. The number of carbonyl (C=O) groups excluding carboxylic acids is 3. The van der Waals surface area contributed by atoms with Gasteiger partial charge in [-0.05, 0) is 69.2 Å². The van der Waals surface area contributed by atoms with Gasteiger partial charge in [0, 0.05) is 30.4 Å². The van der Waals surface area contributed by atoms with Crippen LogP contribution in [0.1, 0.15) is 38.3 Å². The SMILES string of the molecule is Cc1ccccc1/C=C/C(=O)Nc1ccc(NC(=O)CCNC(=O)OC(C)(C)C)cc1. The van der Waals surface area contributed by atoms with Crippen molar-refractivity contribution in [2.24, 2.45) is 0 Å². The van der Waals surface area contributed by atoms with Gasteiger partial charge in [-0.15, -0.1) is 0 Å². The molecule has 3 N–H and O–H groups in total. The molecule has 0 atom stereocenters. The number of ether oxygens (including phenoxy) is 1. The first-order valence-electron chi connectivity index (χ1n) is 10.0. The molecule has 0 aromatic heterocycles. The quantitative estimate of drug-likeness (QED) is 0.571. The third-order valence-corrected chi connectivity index (χ3v) is 4.06. The predicted octanol–water partition coefficient (Wildman–Crippen LogP) is 4.50. The fourth-order valence-corrected chi connectivity index (χ4v) is 2.58. The smallest absolute Gasteiger partial charge is 0.407 e. The first-order valence-corrected chi connectivity index (χ1v) is 10.0. The average Bonchev–Trinajstić information content (AvgIpc) is 2.67. The lowest BCUT2D eigenvalue weighted by Crippen LogP contribution is -2.34. The highest BCUT2D eigenvalue weighted by molar-refractivity contribution is 6.02. The summed E-state index contributed by atoms with van der Waals surface area (Å²) in [6.07, 6.45) is 2.80. The fourth-order valence-electron chi connectivity index (χ4n) is 2.58. The highest BCUT2D eigenvalue weighted by atomic mass is 16.6. The number of rotatable bonds is 7. The van der Waals surface area contributed by atoms with Gasteiger partial charge < -0.3 is 20.7 Å². The van der Waals surface area contributed by atoms with Crippen molar-refractivity contribution in [3.63, 3.8) is 0 Å². The van der Waals surface area contributed by atoms with Crippen LogP contribution in [0.4, 0.5) is 16.2 Å². The van der Waals surface area contributed by atoms with Gasteiger partial charge in [0.15, 0.2) is 0 Å². The maximum atomic E-state index is 12.1. The van der Waals surface area contributed by atoms with Crippen molar-refractivity contribution in [2.45, 2.75) is 39.7 Å². The number of hydrogen-bond donors (Lipinski definition) is 3. The van der Waals surface area contributed by atoms with Crippen LogP contribution in [0.2, 0.25) is 0 Å². The zero-order chi connectivity index (χ0) is 22.9. The number of benzene rings is 2. The van der Waals surface area contributed by atoms with Crippen molar-refractivity contribution in [3.8, 4) is 0 Å². The van der Waals surface area contributed by atoms with Crippen molar-refractivity contribution in [2.75, 3.05) is 17.2 Å². The number of anilines is 2. The van der Waals surface area contributed by atoms with Crippen molar-refractivity contribution in [1.29, 1.82) is 0 Å². The number of hydrogen-bond acceptors (Lipinski definition) is 4.